The van der Waals surface area contributed by atoms with Gasteiger partial charge in [-0.3, -0.25) is 4.79 Å². The van der Waals surface area contributed by atoms with Crippen LogP contribution in [0.5, 0.6) is 0 Å². The normalized spacial score (nSPS) is 22.0. The van der Waals surface area contributed by atoms with Crippen LogP contribution < -0.4 is 4.90 Å². The van der Waals surface area contributed by atoms with Crippen molar-refractivity contribution in [2.24, 2.45) is 5.92 Å². The Balaban J connectivity index is 1.57. The highest BCUT2D eigenvalue weighted by molar-refractivity contribution is 5.94. The zero-order valence-electron chi connectivity index (χ0n) is 14.5. The summed E-state index contributed by atoms with van der Waals surface area (Å²) in [6.45, 7) is 10.0. The molecule has 0 saturated carbocycles. The van der Waals surface area contributed by atoms with Crippen LogP contribution in [0.2, 0.25) is 0 Å². The number of rotatable bonds is 5. The molecule has 2 aliphatic heterocycles. The van der Waals surface area contributed by atoms with Gasteiger partial charge in [-0.25, -0.2) is 4.98 Å². The highest BCUT2D eigenvalue weighted by Gasteiger charge is 2.25. The first-order valence-corrected chi connectivity index (χ1v) is 8.90. The molecule has 1 aromatic rings. The van der Waals surface area contributed by atoms with Gasteiger partial charge in [-0.1, -0.05) is 13.0 Å². The molecule has 130 valence electrons. The number of anilines is 1. The van der Waals surface area contributed by atoms with E-state index in [2.05, 4.69) is 23.4 Å². The maximum Gasteiger partial charge on any atom is 0.255 e. The standard InChI is InChI=1S/C19H27N3O2/c1-3-12-24-17-8-11-22(14-17)18-5-4-16(13-20-18)19(23)21-9-6-15(2)7-10-21/h3-5,13,15,17H,1,6-12,14H2,2H3. The molecule has 1 atom stereocenters. The summed E-state index contributed by atoms with van der Waals surface area (Å²) in [6.07, 6.45) is 6.92. The topological polar surface area (TPSA) is 45.7 Å². The van der Waals surface area contributed by atoms with E-state index in [1.165, 1.54) is 0 Å². The van der Waals surface area contributed by atoms with Crippen LogP contribution in [0.3, 0.4) is 0 Å². The van der Waals surface area contributed by atoms with E-state index in [0.29, 0.717) is 12.2 Å². The average molecular weight is 329 g/mol. The maximum atomic E-state index is 12.6. The van der Waals surface area contributed by atoms with E-state index >= 15 is 0 Å². The Morgan fingerprint density at radius 2 is 2.12 bits per heavy atom. The van der Waals surface area contributed by atoms with Crippen molar-refractivity contribution in [3.05, 3.63) is 36.5 Å². The summed E-state index contributed by atoms with van der Waals surface area (Å²) in [7, 11) is 0. The summed E-state index contributed by atoms with van der Waals surface area (Å²) in [6, 6.07) is 3.86. The van der Waals surface area contributed by atoms with Crippen LogP contribution in [-0.2, 0) is 4.74 Å². The van der Waals surface area contributed by atoms with Crippen LogP contribution in [0.15, 0.2) is 31.0 Å². The third kappa shape index (κ3) is 3.96. The Labute approximate surface area is 144 Å². The number of carbonyl (C=O) groups is 1. The molecule has 1 unspecified atom stereocenters. The van der Waals surface area contributed by atoms with Crippen LogP contribution in [-0.4, -0.2) is 54.7 Å². The molecule has 5 nitrogen and oxygen atoms in total. The van der Waals surface area contributed by atoms with Crippen molar-refractivity contribution in [3.63, 3.8) is 0 Å². The third-order valence-corrected chi connectivity index (χ3v) is 4.98. The summed E-state index contributed by atoms with van der Waals surface area (Å²) < 4.78 is 5.71. The van der Waals surface area contributed by atoms with Crippen molar-refractivity contribution in [1.82, 2.24) is 9.88 Å². The van der Waals surface area contributed by atoms with Gasteiger partial charge in [0.1, 0.15) is 5.82 Å². The van der Waals surface area contributed by atoms with Crippen LogP contribution >= 0.6 is 0 Å². The largest absolute Gasteiger partial charge is 0.372 e. The van der Waals surface area contributed by atoms with Gasteiger partial charge in [0.2, 0.25) is 0 Å². The van der Waals surface area contributed by atoms with Gasteiger partial charge >= 0.3 is 0 Å². The fraction of sp³-hybridized carbons (Fsp3) is 0.579. The molecule has 2 fully saturated rings. The first-order valence-electron chi connectivity index (χ1n) is 8.90. The van der Waals surface area contributed by atoms with E-state index in [4.69, 9.17) is 4.74 Å². The minimum Gasteiger partial charge on any atom is -0.372 e. The van der Waals surface area contributed by atoms with Crippen molar-refractivity contribution < 1.29 is 9.53 Å². The Morgan fingerprint density at radius 1 is 1.33 bits per heavy atom. The minimum absolute atomic E-state index is 0.106. The average Bonchev–Trinajstić information content (AvgIpc) is 3.09. The number of hydrogen-bond acceptors (Lipinski definition) is 4. The second-order valence-corrected chi connectivity index (χ2v) is 6.86. The van der Waals surface area contributed by atoms with Gasteiger partial charge in [-0.2, -0.15) is 0 Å². The lowest BCUT2D eigenvalue weighted by Crippen LogP contribution is -2.38. The number of ether oxygens (including phenoxy) is 1. The molecule has 1 amide bonds. The Kier molecular flexibility index (Phi) is 5.51. The van der Waals surface area contributed by atoms with Crippen molar-refractivity contribution >= 4 is 11.7 Å². The predicted molar refractivity (Wildman–Crippen MR) is 95.3 cm³/mol. The number of aromatic nitrogens is 1. The fourth-order valence-electron chi connectivity index (χ4n) is 3.37. The van der Waals surface area contributed by atoms with E-state index in [0.717, 1.165) is 57.2 Å². The van der Waals surface area contributed by atoms with Crippen LogP contribution in [0.1, 0.15) is 36.5 Å². The third-order valence-electron chi connectivity index (χ3n) is 4.98. The molecule has 0 aromatic carbocycles. The Morgan fingerprint density at radius 3 is 2.79 bits per heavy atom. The zero-order valence-corrected chi connectivity index (χ0v) is 14.5. The van der Waals surface area contributed by atoms with Crippen LogP contribution in [0.4, 0.5) is 5.82 Å². The number of piperidine rings is 1. The molecule has 24 heavy (non-hydrogen) atoms. The molecule has 0 aliphatic carbocycles. The second-order valence-electron chi connectivity index (χ2n) is 6.86. The summed E-state index contributed by atoms with van der Waals surface area (Å²) in [4.78, 5) is 21.2. The van der Waals surface area contributed by atoms with Gasteiger partial charge in [-0.05, 0) is 37.3 Å². The molecule has 0 spiro atoms. The summed E-state index contributed by atoms with van der Waals surface area (Å²) in [5.74, 6) is 1.75. The lowest BCUT2D eigenvalue weighted by Gasteiger charge is -2.30. The van der Waals surface area contributed by atoms with E-state index in [9.17, 15) is 4.79 Å². The molecular weight excluding hydrogens is 302 g/mol. The van der Waals surface area contributed by atoms with E-state index in [1.54, 1.807) is 12.3 Å². The summed E-state index contributed by atoms with van der Waals surface area (Å²) in [5, 5.41) is 0. The predicted octanol–water partition coefficient (Wildman–Crippen LogP) is 2.74. The Bertz CT molecular complexity index is 564. The molecule has 0 bridgehead atoms. The fourth-order valence-corrected chi connectivity index (χ4v) is 3.37. The quantitative estimate of drug-likeness (QED) is 0.779. The molecule has 2 aliphatic rings. The van der Waals surface area contributed by atoms with E-state index < -0.39 is 0 Å². The number of pyridine rings is 1. The monoisotopic (exact) mass is 329 g/mol. The van der Waals surface area contributed by atoms with Gasteiger partial charge in [0.15, 0.2) is 0 Å². The van der Waals surface area contributed by atoms with Gasteiger partial charge < -0.3 is 14.5 Å². The molecule has 5 heteroatoms. The molecule has 1 aromatic heterocycles. The molecule has 2 saturated heterocycles. The first-order chi connectivity index (χ1) is 11.7. The molecule has 0 radical (unpaired) electrons. The van der Waals surface area contributed by atoms with Crippen molar-refractivity contribution in [1.29, 1.82) is 0 Å². The van der Waals surface area contributed by atoms with Crippen molar-refractivity contribution in [2.75, 3.05) is 37.7 Å². The number of nitrogens with zero attached hydrogens (tertiary/aromatic N) is 3. The smallest absolute Gasteiger partial charge is 0.255 e. The Hall–Kier alpha value is -1.88. The minimum atomic E-state index is 0.106. The second kappa shape index (κ2) is 7.79. The van der Waals surface area contributed by atoms with E-state index in [-0.39, 0.29) is 12.0 Å². The molecule has 3 heterocycles. The highest BCUT2D eigenvalue weighted by atomic mass is 16.5. The van der Waals surface area contributed by atoms with Crippen molar-refractivity contribution in [3.8, 4) is 0 Å². The van der Waals surface area contributed by atoms with Crippen LogP contribution in [0.25, 0.3) is 0 Å². The lowest BCUT2D eigenvalue weighted by molar-refractivity contribution is 0.0696. The lowest BCUT2D eigenvalue weighted by atomic mass is 9.99. The highest BCUT2D eigenvalue weighted by Crippen LogP contribution is 2.22. The summed E-state index contributed by atoms with van der Waals surface area (Å²) >= 11 is 0. The number of amides is 1. The number of carbonyl (C=O) groups excluding carboxylic acids is 1. The SMILES string of the molecule is C=CCOC1CCN(c2ccc(C(=O)N3CCC(C)CC3)cn2)C1. The van der Waals surface area contributed by atoms with Gasteiger partial charge in [-0.15, -0.1) is 6.58 Å². The molecule has 0 N–H and O–H groups in total. The first kappa shape index (κ1) is 17.0. The van der Waals surface area contributed by atoms with E-state index in [1.807, 2.05) is 17.0 Å². The number of likely N-dealkylation sites (tertiary alicyclic amines) is 1. The number of hydrogen-bond donors (Lipinski definition) is 0. The van der Waals surface area contributed by atoms with Gasteiger partial charge in [0.25, 0.3) is 5.91 Å². The maximum absolute atomic E-state index is 12.6. The van der Waals surface area contributed by atoms with Gasteiger partial charge in [0, 0.05) is 32.4 Å². The van der Waals surface area contributed by atoms with Crippen LogP contribution in [0, 0.1) is 5.92 Å². The van der Waals surface area contributed by atoms with Crippen molar-refractivity contribution in [2.45, 2.75) is 32.3 Å². The molecular formula is C19H27N3O2. The zero-order chi connectivity index (χ0) is 16.9. The van der Waals surface area contributed by atoms with Gasteiger partial charge in [0.05, 0.1) is 18.3 Å². The summed E-state index contributed by atoms with van der Waals surface area (Å²) in [5.41, 5.74) is 0.687. The molecule has 3 rings (SSSR count).